The molecule has 1 saturated carbocycles. The van der Waals surface area contributed by atoms with Crippen LogP contribution < -0.4 is 11.1 Å². The van der Waals surface area contributed by atoms with Gasteiger partial charge in [-0.15, -0.1) is 0 Å². The molecule has 1 aliphatic carbocycles. The number of carbonyl (C=O) groups excluding carboxylic acids is 1. The molecule has 1 amide bonds. The van der Waals surface area contributed by atoms with Gasteiger partial charge in [-0.2, -0.15) is 0 Å². The van der Waals surface area contributed by atoms with Gasteiger partial charge in [0.15, 0.2) is 0 Å². The van der Waals surface area contributed by atoms with Gasteiger partial charge in [0.2, 0.25) is 5.91 Å². The van der Waals surface area contributed by atoms with E-state index in [0.29, 0.717) is 18.0 Å². The van der Waals surface area contributed by atoms with Crippen LogP contribution in [0.5, 0.6) is 0 Å². The zero-order chi connectivity index (χ0) is 12.5. The summed E-state index contributed by atoms with van der Waals surface area (Å²) in [6.07, 6.45) is 10.0. The normalized spacial score (nSPS) is 16.7. The molecule has 0 radical (unpaired) electrons. The molecule has 0 aromatic heterocycles. The first-order valence-electron chi connectivity index (χ1n) is 6.73. The molecule has 17 heavy (non-hydrogen) atoms. The molecule has 0 unspecified atom stereocenters. The van der Waals surface area contributed by atoms with Gasteiger partial charge in [0.1, 0.15) is 0 Å². The number of amides is 1. The Bertz CT molecular complexity index is 250. The van der Waals surface area contributed by atoms with E-state index in [2.05, 4.69) is 5.32 Å². The highest BCUT2D eigenvalue weighted by molar-refractivity contribution is 7.80. The van der Waals surface area contributed by atoms with E-state index in [1.165, 1.54) is 32.1 Å². The summed E-state index contributed by atoms with van der Waals surface area (Å²) >= 11 is 4.78. The first-order chi connectivity index (χ1) is 8.18. The summed E-state index contributed by atoms with van der Waals surface area (Å²) in [7, 11) is 0. The third-order valence-electron chi connectivity index (χ3n) is 3.43. The number of nitrogens with one attached hydrogen (secondary N) is 1. The summed E-state index contributed by atoms with van der Waals surface area (Å²) in [5.41, 5.74) is 5.38. The van der Waals surface area contributed by atoms with Crippen LogP contribution in [0.4, 0.5) is 0 Å². The van der Waals surface area contributed by atoms with Gasteiger partial charge in [-0.25, -0.2) is 0 Å². The molecule has 0 saturated heterocycles. The fourth-order valence-corrected chi connectivity index (χ4v) is 2.53. The van der Waals surface area contributed by atoms with E-state index in [0.717, 1.165) is 25.2 Å². The second-order valence-electron chi connectivity index (χ2n) is 4.96. The van der Waals surface area contributed by atoms with Crippen molar-refractivity contribution in [3.63, 3.8) is 0 Å². The zero-order valence-corrected chi connectivity index (χ0v) is 11.4. The average molecular weight is 256 g/mol. The molecule has 0 spiro atoms. The van der Waals surface area contributed by atoms with E-state index in [-0.39, 0.29) is 5.91 Å². The summed E-state index contributed by atoms with van der Waals surface area (Å²) in [6.45, 7) is 0.695. The molecule has 0 aromatic rings. The van der Waals surface area contributed by atoms with Crippen molar-refractivity contribution in [2.75, 3.05) is 6.54 Å². The van der Waals surface area contributed by atoms with E-state index in [1.807, 2.05) is 0 Å². The van der Waals surface area contributed by atoms with Crippen LogP contribution in [-0.2, 0) is 4.79 Å². The van der Waals surface area contributed by atoms with Crippen molar-refractivity contribution < 1.29 is 4.79 Å². The molecule has 0 aliphatic heterocycles. The third-order valence-corrected chi connectivity index (χ3v) is 3.63. The van der Waals surface area contributed by atoms with E-state index in [4.69, 9.17) is 18.0 Å². The van der Waals surface area contributed by atoms with E-state index in [1.54, 1.807) is 0 Å². The molecule has 1 rings (SSSR count). The standard InChI is InChI=1S/C13H24N2OS/c14-12(17)7-4-10-15-13(16)9-8-11-5-2-1-3-6-11/h11H,1-10H2,(H2,14,17)(H,15,16). The Morgan fingerprint density at radius 3 is 2.59 bits per heavy atom. The Kier molecular flexibility index (Phi) is 7.17. The third kappa shape index (κ3) is 7.31. The molecule has 0 aromatic carbocycles. The Balaban J connectivity index is 1.98. The number of carbonyl (C=O) groups is 1. The molecular formula is C13H24N2OS. The van der Waals surface area contributed by atoms with Gasteiger partial charge in [0, 0.05) is 13.0 Å². The van der Waals surface area contributed by atoms with Crippen LogP contribution in [0.2, 0.25) is 0 Å². The first kappa shape index (κ1) is 14.4. The molecule has 0 heterocycles. The van der Waals surface area contributed by atoms with Crippen LogP contribution in [0.1, 0.15) is 57.8 Å². The maximum absolute atomic E-state index is 11.6. The maximum atomic E-state index is 11.6. The summed E-state index contributed by atoms with van der Waals surface area (Å²) in [6, 6.07) is 0. The number of hydrogen-bond acceptors (Lipinski definition) is 2. The van der Waals surface area contributed by atoms with Gasteiger partial charge in [0.25, 0.3) is 0 Å². The topological polar surface area (TPSA) is 55.1 Å². The van der Waals surface area contributed by atoms with Gasteiger partial charge in [0.05, 0.1) is 4.99 Å². The fourth-order valence-electron chi connectivity index (χ4n) is 2.39. The minimum Gasteiger partial charge on any atom is -0.393 e. The molecule has 0 bridgehead atoms. The quantitative estimate of drug-likeness (QED) is 0.543. The average Bonchev–Trinajstić information content (AvgIpc) is 2.33. The Labute approximate surface area is 110 Å². The monoisotopic (exact) mass is 256 g/mol. The number of hydrogen-bond donors (Lipinski definition) is 2. The molecule has 98 valence electrons. The fraction of sp³-hybridized carbons (Fsp3) is 0.846. The Morgan fingerprint density at radius 2 is 1.94 bits per heavy atom. The zero-order valence-electron chi connectivity index (χ0n) is 10.5. The summed E-state index contributed by atoms with van der Waals surface area (Å²) in [5.74, 6) is 0.963. The van der Waals surface area contributed by atoms with Crippen LogP contribution in [0, 0.1) is 5.92 Å². The lowest BCUT2D eigenvalue weighted by molar-refractivity contribution is -0.121. The maximum Gasteiger partial charge on any atom is 0.220 e. The molecule has 1 fully saturated rings. The van der Waals surface area contributed by atoms with Gasteiger partial charge in [-0.05, 0) is 25.2 Å². The van der Waals surface area contributed by atoms with E-state index in [9.17, 15) is 4.79 Å². The SMILES string of the molecule is NC(=S)CCCNC(=O)CCC1CCCCC1. The minimum atomic E-state index is 0.179. The molecule has 3 nitrogen and oxygen atoms in total. The smallest absolute Gasteiger partial charge is 0.220 e. The largest absolute Gasteiger partial charge is 0.393 e. The van der Waals surface area contributed by atoms with Gasteiger partial charge in [-0.3, -0.25) is 4.79 Å². The van der Waals surface area contributed by atoms with Crippen molar-refractivity contribution in [1.82, 2.24) is 5.32 Å². The van der Waals surface area contributed by atoms with Crippen molar-refractivity contribution in [2.45, 2.75) is 57.8 Å². The minimum absolute atomic E-state index is 0.179. The molecule has 0 atom stereocenters. The first-order valence-corrected chi connectivity index (χ1v) is 7.14. The Morgan fingerprint density at radius 1 is 1.24 bits per heavy atom. The van der Waals surface area contributed by atoms with Crippen molar-refractivity contribution in [3.8, 4) is 0 Å². The molecule has 4 heteroatoms. The van der Waals surface area contributed by atoms with Crippen LogP contribution in [0.15, 0.2) is 0 Å². The number of thiocarbonyl (C=S) groups is 1. The predicted octanol–water partition coefficient (Wildman–Crippen LogP) is 2.53. The highest BCUT2D eigenvalue weighted by atomic mass is 32.1. The van der Waals surface area contributed by atoms with Gasteiger partial charge in [-0.1, -0.05) is 44.3 Å². The van der Waals surface area contributed by atoms with Crippen molar-refractivity contribution in [2.24, 2.45) is 11.7 Å². The van der Waals surface area contributed by atoms with Crippen LogP contribution in [0.25, 0.3) is 0 Å². The summed E-state index contributed by atoms with van der Waals surface area (Å²) < 4.78 is 0. The second-order valence-corrected chi connectivity index (χ2v) is 5.49. The van der Waals surface area contributed by atoms with Crippen LogP contribution in [0.3, 0.4) is 0 Å². The van der Waals surface area contributed by atoms with Crippen LogP contribution >= 0.6 is 12.2 Å². The summed E-state index contributed by atoms with van der Waals surface area (Å²) in [5, 5.41) is 2.92. The Hall–Kier alpha value is -0.640. The number of rotatable bonds is 7. The summed E-state index contributed by atoms with van der Waals surface area (Å²) in [4.78, 5) is 12.1. The molecule has 1 aliphatic rings. The lowest BCUT2D eigenvalue weighted by Gasteiger charge is -2.20. The highest BCUT2D eigenvalue weighted by Gasteiger charge is 2.14. The van der Waals surface area contributed by atoms with E-state index >= 15 is 0 Å². The number of nitrogens with two attached hydrogens (primary N) is 1. The molecule has 3 N–H and O–H groups in total. The van der Waals surface area contributed by atoms with Gasteiger partial charge >= 0.3 is 0 Å². The highest BCUT2D eigenvalue weighted by Crippen LogP contribution is 2.27. The van der Waals surface area contributed by atoms with Crippen molar-refractivity contribution in [1.29, 1.82) is 0 Å². The predicted molar refractivity (Wildman–Crippen MR) is 74.8 cm³/mol. The van der Waals surface area contributed by atoms with Crippen LogP contribution in [-0.4, -0.2) is 17.4 Å². The lowest BCUT2D eigenvalue weighted by Crippen LogP contribution is -2.25. The lowest BCUT2D eigenvalue weighted by atomic mass is 9.86. The van der Waals surface area contributed by atoms with E-state index < -0.39 is 0 Å². The van der Waals surface area contributed by atoms with Crippen molar-refractivity contribution >= 4 is 23.1 Å². The van der Waals surface area contributed by atoms with Crippen molar-refractivity contribution in [3.05, 3.63) is 0 Å². The van der Waals surface area contributed by atoms with Gasteiger partial charge < -0.3 is 11.1 Å². The molecular weight excluding hydrogens is 232 g/mol. The second kappa shape index (κ2) is 8.45.